The van der Waals surface area contributed by atoms with Crippen LogP contribution in [0.5, 0.6) is 0 Å². The molecule has 8 nitrogen and oxygen atoms in total. The number of alkyl halides is 1. The van der Waals surface area contributed by atoms with E-state index in [-0.39, 0.29) is 37.1 Å². The van der Waals surface area contributed by atoms with Crippen molar-refractivity contribution in [3.05, 3.63) is 139 Å². The van der Waals surface area contributed by atoms with E-state index < -0.39 is 11.2 Å². The fraction of sp³-hybridized carbons (Fsp3) is 0.447. The van der Waals surface area contributed by atoms with Gasteiger partial charge in [0.05, 0.1) is 11.4 Å². The molecule has 2 unspecified atom stereocenters. The topological polar surface area (TPSA) is 74.3 Å². The minimum atomic E-state index is -0.493. The van der Waals surface area contributed by atoms with Gasteiger partial charge in [0.25, 0.3) is 0 Å². The highest BCUT2D eigenvalue weighted by atomic mass is 35.5. The van der Waals surface area contributed by atoms with Gasteiger partial charge in [0.2, 0.25) is 0 Å². The van der Waals surface area contributed by atoms with E-state index in [9.17, 15) is 9.59 Å². The molecule has 2 atom stereocenters. The molecule has 0 aromatic heterocycles. The van der Waals surface area contributed by atoms with Gasteiger partial charge < -0.3 is 24.6 Å². The quantitative estimate of drug-likeness (QED) is 0.201. The molecular formula is C47H61Cl5N4O4. The lowest BCUT2D eigenvalue weighted by Crippen LogP contribution is -2.55. The van der Waals surface area contributed by atoms with Crippen LogP contribution in [0.3, 0.4) is 0 Å². The number of piperazine rings is 2. The zero-order valence-electron chi connectivity index (χ0n) is 35.2. The number of nitrogens with one attached hydrogen (secondary N) is 1. The van der Waals surface area contributed by atoms with Crippen LogP contribution in [0, 0.1) is 0 Å². The number of benzene rings is 4. The van der Waals surface area contributed by atoms with Crippen LogP contribution in [-0.4, -0.2) is 89.4 Å². The molecule has 2 amide bonds. The number of ether oxygens (including phenoxy) is 2. The van der Waals surface area contributed by atoms with Crippen molar-refractivity contribution in [2.75, 3.05) is 39.3 Å². The summed E-state index contributed by atoms with van der Waals surface area (Å²) in [6.07, 6.45) is -0.454. The standard InChI is InChI=1S/C23H28Cl2N2O2.C13H9Cl3.C10H20N2O2.CH4/c1-16-15-26(22(28)29-23(2,3)4)13-14-27(16)21(17-5-9-19(24)10-6-17)18-7-11-20(25)12-8-18;14-11-5-1-9(2-6-11)13(16)10-3-7-12(15)8-4-10;1-8-7-12(6-5-11-8)9(13)14-10(2,3)4;/h5-12,16,21H,13-15H2,1-4H3;1-8,13H;8,11H,5-7H2,1-4H3;1H4. The van der Waals surface area contributed by atoms with Gasteiger partial charge in [-0.15, -0.1) is 11.6 Å². The van der Waals surface area contributed by atoms with Crippen molar-refractivity contribution >= 4 is 70.2 Å². The lowest BCUT2D eigenvalue weighted by atomic mass is 9.95. The summed E-state index contributed by atoms with van der Waals surface area (Å²) in [5, 5.41) is 5.96. The first-order chi connectivity index (χ1) is 27.7. The van der Waals surface area contributed by atoms with Crippen molar-refractivity contribution in [1.82, 2.24) is 20.0 Å². The zero-order valence-corrected chi connectivity index (χ0v) is 38.9. The molecule has 2 aliphatic heterocycles. The first-order valence-corrected chi connectivity index (χ1v) is 21.7. The summed E-state index contributed by atoms with van der Waals surface area (Å²) in [5.74, 6) is 0. The average molecular weight is 923 g/mol. The predicted molar refractivity (Wildman–Crippen MR) is 251 cm³/mol. The number of rotatable bonds is 5. The molecule has 2 fully saturated rings. The average Bonchev–Trinajstić information content (AvgIpc) is 3.16. The molecule has 2 heterocycles. The van der Waals surface area contributed by atoms with E-state index >= 15 is 0 Å². The monoisotopic (exact) mass is 920 g/mol. The number of carbonyl (C=O) groups is 2. The highest BCUT2D eigenvalue weighted by Gasteiger charge is 2.34. The van der Waals surface area contributed by atoms with E-state index in [0.29, 0.717) is 39.2 Å². The molecule has 6 rings (SSSR count). The molecule has 4 aromatic rings. The number of hydrogen-bond donors (Lipinski definition) is 1. The molecule has 60 heavy (non-hydrogen) atoms. The van der Waals surface area contributed by atoms with Gasteiger partial charge in [-0.1, -0.05) is 102 Å². The fourth-order valence-electron chi connectivity index (χ4n) is 6.59. The Bertz CT molecular complexity index is 1830. The summed E-state index contributed by atoms with van der Waals surface area (Å²) in [7, 11) is 0. The maximum atomic E-state index is 12.5. The van der Waals surface area contributed by atoms with Gasteiger partial charge in [-0.2, -0.15) is 0 Å². The molecule has 2 aliphatic rings. The van der Waals surface area contributed by atoms with Crippen LogP contribution in [0.1, 0.15) is 96.5 Å². The third-order valence-corrected chi connectivity index (χ3v) is 10.9. The van der Waals surface area contributed by atoms with E-state index in [4.69, 9.17) is 67.5 Å². The zero-order chi connectivity index (χ0) is 43.5. The molecule has 328 valence electrons. The van der Waals surface area contributed by atoms with Crippen LogP contribution >= 0.6 is 58.0 Å². The summed E-state index contributed by atoms with van der Waals surface area (Å²) in [6, 6.07) is 31.5. The van der Waals surface area contributed by atoms with Crippen LogP contribution in [0.25, 0.3) is 0 Å². The SMILES string of the molecule is C.CC1CN(C(=O)OC(C)(C)C)CCN1.CC1CN(C(=O)OC(C)(C)C)CCN1C(c1ccc(Cl)cc1)c1ccc(Cl)cc1.Clc1ccc(C(Cl)c2ccc(Cl)cc2)cc1. The van der Waals surface area contributed by atoms with Crippen LogP contribution in [0.2, 0.25) is 20.1 Å². The number of amides is 2. The van der Waals surface area contributed by atoms with Gasteiger partial charge in [0.15, 0.2) is 0 Å². The summed E-state index contributed by atoms with van der Waals surface area (Å²) < 4.78 is 10.8. The Balaban J connectivity index is 0.000000262. The third kappa shape index (κ3) is 16.6. The highest BCUT2D eigenvalue weighted by Crippen LogP contribution is 2.34. The second-order valence-corrected chi connectivity index (χ2v) is 18.9. The van der Waals surface area contributed by atoms with Crippen molar-refractivity contribution in [3.8, 4) is 0 Å². The highest BCUT2D eigenvalue weighted by molar-refractivity contribution is 6.31. The van der Waals surface area contributed by atoms with Crippen LogP contribution in [0.15, 0.2) is 97.1 Å². The predicted octanol–water partition coefficient (Wildman–Crippen LogP) is 13.2. The summed E-state index contributed by atoms with van der Waals surface area (Å²) >= 11 is 30.2. The van der Waals surface area contributed by atoms with Crippen molar-refractivity contribution in [2.24, 2.45) is 0 Å². The van der Waals surface area contributed by atoms with E-state index in [2.05, 4.69) is 48.3 Å². The van der Waals surface area contributed by atoms with Crippen molar-refractivity contribution in [2.45, 2.75) is 97.5 Å². The maximum Gasteiger partial charge on any atom is 0.410 e. The number of nitrogens with zero attached hydrogens (tertiary/aromatic N) is 3. The lowest BCUT2D eigenvalue weighted by Gasteiger charge is -2.44. The van der Waals surface area contributed by atoms with Gasteiger partial charge in [-0.3, -0.25) is 4.90 Å². The minimum Gasteiger partial charge on any atom is -0.444 e. The number of hydrogen-bond acceptors (Lipinski definition) is 6. The Labute approximate surface area is 383 Å². The number of halogens is 5. The summed E-state index contributed by atoms with van der Waals surface area (Å²) in [5.41, 5.74) is 3.48. The van der Waals surface area contributed by atoms with E-state index in [1.54, 1.807) is 9.80 Å². The third-order valence-electron chi connectivity index (χ3n) is 9.38. The molecule has 0 aliphatic carbocycles. The second-order valence-electron chi connectivity index (χ2n) is 16.8. The summed E-state index contributed by atoms with van der Waals surface area (Å²) in [4.78, 5) is 30.1. The Morgan fingerprint density at radius 1 is 0.583 bits per heavy atom. The van der Waals surface area contributed by atoms with Gasteiger partial charge >= 0.3 is 12.2 Å². The van der Waals surface area contributed by atoms with Gasteiger partial charge in [-0.05, 0) is 126 Å². The Morgan fingerprint density at radius 2 is 0.933 bits per heavy atom. The van der Waals surface area contributed by atoms with Crippen molar-refractivity contribution in [1.29, 1.82) is 0 Å². The maximum absolute atomic E-state index is 12.5. The molecule has 0 spiro atoms. The molecule has 0 saturated carbocycles. The van der Waals surface area contributed by atoms with E-state index in [0.717, 1.165) is 48.4 Å². The summed E-state index contributed by atoms with van der Waals surface area (Å²) in [6.45, 7) is 19.8. The molecule has 13 heteroatoms. The van der Waals surface area contributed by atoms with Gasteiger partial charge in [-0.25, -0.2) is 9.59 Å². The first kappa shape index (κ1) is 51.1. The van der Waals surface area contributed by atoms with E-state index in [1.807, 2.05) is 114 Å². The Kier molecular flexibility index (Phi) is 19.9. The Hall–Kier alpha value is -3.21. The van der Waals surface area contributed by atoms with Gasteiger partial charge in [0, 0.05) is 71.4 Å². The van der Waals surface area contributed by atoms with Crippen LogP contribution < -0.4 is 5.32 Å². The van der Waals surface area contributed by atoms with Crippen molar-refractivity contribution < 1.29 is 19.1 Å². The van der Waals surface area contributed by atoms with Gasteiger partial charge in [0.1, 0.15) is 11.2 Å². The molecule has 2 saturated heterocycles. The normalized spacial score (nSPS) is 17.1. The largest absolute Gasteiger partial charge is 0.444 e. The van der Waals surface area contributed by atoms with Crippen LogP contribution in [-0.2, 0) is 9.47 Å². The Morgan fingerprint density at radius 3 is 1.27 bits per heavy atom. The first-order valence-electron chi connectivity index (χ1n) is 19.8. The number of carbonyl (C=O) groups excluding carboxylic acids is 2. The smallest absolute Gasteiger partial charge is 0.410 e. The van der Waals surface area contributed by atoms with Crippen LogP contribution in [0.4, 0.5) is 9.59 Å². The molecular weight excluding hydrogens is 862 g/mol. The molecule has 0 radical (unpaired) electrons. The minimum absolute atomic E-state index is 0. The van der Waals surface area contributed by atoms with E-state index in [1.165, 1.54) is 0 Å². The van der Waals surface area contributed by atoms with Crippen molar-refractivity contribution in [3.63, 3.8) is 0 Å². The molecule has 0 bridgehead atoms. The molecule has 1 N–H and O–H groups in total. The second kappa shape index (κ2) is 23.3. The molecule has 4 aromatic carbocycles. The fourth-order valence-corrected chi connectivity index (χ4v) is 7.39. The lowest BCUT2D eigenvalue weighted by molar-refractivity contribution is 0.000926.